The zero-order valence-corrected chi connectivity index (χ0v) is 11.7. The summed E-state index contributed by atoms with van der Waals surface area (Å²) in [7, 11) is 0. The standard InChI is InChI=1S/C18H14O4/c19-16-9-8-13(10-17(16)20)18(21)22-11-14-6-3-5-12-4-1-2-7-15(12)14/h1-10,19-20H,11H2. The fraction of sp³-hybridized carbons (Fsp3) is 0.0556. The predicted molar refractivity (Wildman–Crippen MR) is 82.8 cm³/mol. The van der Waals surface area contributed by atoms with Crippen molar-refractivity contribution < 1.29 is 19.7 Å². The molecule has 3 rings (SSSR count). The van der Waals surface area contributed by atoms with E-state index >= 15 is 0 Å². The monoisotopic (exact) mass is 294 g/mol. The van der Waals surface area contributed by atoms with Gasteiger partial charge in [0.05, 0.1) is 5.56 Å². The fourth-order valence-electron chi connectivity index (χ4n) is 2.30. The first-order valence-corrected chi connectivity index (χ1v) is 6.81. The summed E-state index contributed by atoms with van der Waals surface area (Å²) in [5, 5.41) is 20.8. The maximum Gasteiger partial charge on any atom is 0.338 e. The summed E-state index contributed by atoms with van der Waals surface area (Å²) in [6.07, 6.45) is 0. The minimum Gasteiger partial charge on any atom is -0.504 e. The van der Waals surface area contributed by atoms with Gasteiger partial charge in [0.25, 0.3) is 0 Å². The second-order valence-electron chi connectivity index (χ2n) is 4.92. The Bertz CT molecular complexity index is 834. The molecule has 0 aliphatic rings. The summed E-state index contributed by atoms with van der Waals surface area (Å²) in [4.78, 5) is 12.0. The van der Waals surface area contributed by atoms with Gasteiger partial charge in [-0.1, -0.05) is 42.5 Å². The molecule has 0 fully saturated rings. The van der Waals surface area contributed by atoms with Crippen LogP contribution in [0.4, 0.5) is 0 Å². The van der Waals surface area contributed by atoms with Crippen molar-refractivity contribution in [3.63, 3.8) is 0 Å². The molecule has 3 aromatic rings. The van der Waals surface area contributed by atoms with Crippen molar-refractivity contribution in [1.29, 1.82) is 0 Å². The van der Waals surface area contributed by atoms with Gasteiger partial charge in [0, 0.05) is 0 Å². The number of aromatic hydroxyl groups is 2. The molecule has 110 valence electrons. The van der Waals surface area contributed by atoms with Crippen LogP contribution in [-0.4, -0.2) is 16.2 Å². The lowest BCUT2D eigenvalue weighted by Gasteiger charge is -2.08. The van der Waals surface area contributed by atoms with Crippen molar-refractivity contribution >= 4 is 16.7 Å². The third-order valence-corrected chi connectivity index (χ3v) is 3.45. The number of esters is 1. The average Bonchev–Trinajstić information content (AvgIpc) is 2.55. The van der Waals surface area contributed by atoms with Gasteiger partial charge in [-0.05, 0) is 34.5 Å². The van der Waals surface area contributed by atoms with Crippen LogP contribution in [0.1, 0.15) is 15.9 Å². The molecule has 0 atom stereocenters. The number of carbonyl (C=O) groups is 1. The quantitative estimate of drug-likeness (QED) is 0.572. The Morgan fingerprint density at radius 3 is 2.50 bits per heavy atom. The van der Waals surface area contributed by atoms with Crippen LogP contribution in [0.3, 0.4) is 0 Å². The van der Waals surface area contributed by atoms with Crippen molar-refractivity contribution in [2.75, 3.05) is 0 Å². The molecular weight excluding hydrogens is 280 g/mol. The molecule has 0 heterocycles. The lowest BCUT2D eigenvalue weighted by Crippen LogP contribution is -2.05. The van der Waals surface area contributed by atoms with Crippen LogP contribution in [0.25, 0.3) is 10.8 Å². The van der Waals surface area contributed by atoms with E-state index in [1.165, 1.54) is 18.2 Å². The van der Waals surface area contributed by atoms with E-state index in [1.54, 1.807) is 0 Å². The highest BCUT2D eigenvalue weighted by Gasteiger charge is 2.11. The highest BCUT2D eigenvalue weighted by molar-refractivity contribution is 5.90. The van der Waals surface area contributed by atoms with E-state index in [1.807, 2.05) is 42.5 Å². The van der Waals surface area contributed by atoms with Crippen molar-refractivity contribution in [2.24, 2.45) is 0 Å². The summed E-state index contributed by atoms with van der Waals surface area (Å²) < 4.78 is 5.29. The van der Waals surface area contributed by atoms with Crippen LogP contribution in [0.5, 0.6) is 11.5 Å². The fourth-order valence-corrected chi connectivity index (χ4v) is 2.30. The molecule has 0 saturated heterocycles. The molecule has 0 radical (unpaired) electrons. The number of hydrogen-bond acceptors (Lipinski definition) is 4. The molecule has 3 aromatic carbocycles. The zero-order chi connectivity index (χ0) is 15.5. The van der Waals surface area contributed by atoms with Crippen LogP contribution in [0.2, 0.25) is 0 Å². The van der Waals surface area contributed by atoms with E-state index in [2.05, 4.69) is 0 Å². The number of ether oxygens (including phenoxy) is 1. The summed E-state index contributed by atoms with van der Waals surface area (Å²) >= 11 is 0. The maximum atomic E-state index is 12.0. The molecule has 2 N–H and O–H groups in total. The first-order valence-electron chi connectivity index (χ1n) is 6.81. The van der Waals surface area contributed by atoms with E-state index < -0.39 is 5.97 Å². The van der Waals surface area contributed by atoms with Crippen molar-refractivity contribution in [3.05, 3.63) is 71.8 Å². The summed E-state index contributed by atoms with van der Waals surface area (Å²) in [6, 6.07) is 17.5. The van der Waals surface area contributed by atoms with E-state index in [-0.39, 0.29) is 23.7 Å². The van der Waals surface area contributed by atoms with E-state index in [0.29, 0.717) is 0 Å². The van der Waals surface area contributed by atoms with E-state index in [4.69, 9.17) is 4.74 Å². The largest absolute Gasteiger partial charge is 0.504 e. The van der Waals surface area contributed by atoms with Crippen LogP contribution < -0.4 is 0 Å². The number of phenolic OH excluding ortho intramolecular Hbond substituents is 2. The lowest BCUT2D eigenvalue weighted by atomic mass is 10.1. The Morgan fingerprint density at radius 2 is 1.68 bits per heavy atom. The normalized spacial score (nSPS) is 10.5. The van der Waals surface area contributed by atoms with Gasteiger partial charge in [0.1, 0.15) is 6.61 Å². The molecule has 4 heteroatoms. The SMILES string of the molecule is O=C(OCc1cccc2ccccc12)c1ccc(O)c(O)c1. The molecule has 0 aliphatic carbocycles. The molecule has 0 spiro atoms. The van der Waals surface area contributed by atoms with Crippen molar-refractivity contribution in [2.45, 2.75) is 6.61 Å². The first-order chi connectivity index (χ1) is 10.6. The maximum absolute atomic E-state index is 12.0. The van der Waals surface area contributed by atoms with Gasteiger partial charge >= 0.3 is 5.97 Å². The molecule has 0 amide bonds. The molecule has 0 aromatic heterocycles. The number of carbonyl (C=O) groups excluding carboxylic acids is 1. The number of hydrogen-bond donors (Lipinski definition) is 2. The van der Waals surface area contributed by atoms with Crippen LogP contribution in [-0.2, 0) is 11.3 Å². The van der Waals surface area contributed by atoms with Gasteiger partial charge in [0.2, 0.25) is 0 Å². The molecule has 4 nitrogen and oxygen atoms in total. The second kappa shape index (κ2) is 5.77. The van der Waals surface area contributed by atoms with Gasteiger partial charge < -0.3 is 14.9 Å². The van der Waals surface area contributed by atoms with Gasteiger partial charge in [0.15, 0.2) is 11.5 Å². The smallest absolute Gasteiger partial charge is 0.338 e. The minimum absolute atomic E-state index is 0.141. The number of rotatable bonds is 3. The van der Waals surface area contributed by atoms with Crippen LogP contribution in [0.15, 0.2) is 60.7 Å². The Balaban J connectivity index is 1.79. The first kappa shape index (κ1) is 13.9. The number of benzene rings is 3. The van der Waals surface area contributed by atoms with Gasteiger partial charge in [-0.2, -0.15) is 0 Å². The molecule has 0 unspecified atom stereocenters. The minimum atomic E-state index is -0.553. The van der Waals surface area contributed by atoms with Crippen molar-refractivity contribution in [3.8, 4) is 11.5 Å². The highest BCUT2D eigenvalue weighted by Crippen LogP contribution is 2.25. The Hall–Kier alpha value is -3.01. The van der Waals surface area contributed by atoms with Gasteiger partial charge in [-0.25, -0.2) is 4.79 Å². The van der Waals surface area contributed by atoms with Crippen molar-refractivity contribution in [1.82, 2.24) is 0 Å². The van der Waals surface area contributed by atoms with Crippen LogP contribution >= 0.6 is 0 Å². The van der Waals surface area contributed by atoms with Crippen LogP contribution in [0, 0.1) is 0 Å². The van der Waals surface area contributed by atoms with Gasteiger partial charge in [-0.3, -0.25) is 0 Å². The van der Waals surface area contributed by atoms with E-state index in [9.17, 15) is 15.0 Å². The molecule has 22 heavy (non-hydrogen) atoms. The summed E-state index contributed by atoms with van der Waals surface area (Å²) in [5.41, 5.74) is 1.10. The third-order valence-electron chi connectivity index (χ3n) is 3.45. The zero-order valence-electron chi connectivity index (χ0n) is 11.7. The second-order valence-corrected chi connectivity index (χ2v) is 4.92. The molecule has 0 bridgehead atoms. The average molecular weight is 294 g/mol. The van der Waals surface area contributed by atoms with Gasteiger partial charge in [-0.15, -0.1) is 0 Å². The molecule has 0 aliphatic heterocycles. The Morgan fingerprint density at radius 1 is 0.909 bits per heavy atom. The summed E-state index contributed by atoms with van der Waals surface area (Å²) in [5.74, 6) is -1.17. The van der Waals surface area contributed by atoms with E-state index in [0.717, 1.165) is 16.3 Å². The molecule has 0 saturated carbocycles. The highest BCUT2D eigenvalue weighted by atomic mass is 16.5. The third kappa shape index (κ3) is 2.72. The lowest BCUT2D eigenvalue weighted by molar-refractivity contribution is 0.0474. The predicted octanol–water partition coefficient (Wildman–Crippen LogP) is 3.61. The Labute approximate surface area is 127 Å². The summed E-state index contributed by atoms with van der Waals surface area (Å²) in [6.45, 7) is 0.141. The molecular formula is C18H14O4. The number of phenols is 2. The topological polar surface area (TPSA) is 66.8 Å². The number of fused-ring (bicyclic) bond motifs is 1. The Kier molecular flexibility index (Phi) is 3.66.